The Labute approximate surface area is 108 Å². The molecule has 2 saturated heterocycles. The highest BCUT2D eigenvalue weighted by Gasteiger charge is 2.43. The van der Waals surface area contributed by atoms with E-state index in [4.69, 9.17) is 9.47 Å². The second-order valence-corrected chi connectivity index (χ2v) is 5.66. The summed E-state index contributed by atoms with van der Waals surface area (Å²) in [5, 5.41) is 9.53. The zero-order chi connectivity index (χ0) is 13.2. The first-order chi connectivity index (χ1) is 8.53. The van der Waals surface area contributed by atoms with E-state index in [1.54, 1.807) is 0 Å². The van der Waals surface area contributed by atoms with E-state index in [9.17, 15) is 9.90 Å². The summed E-state index contributed by atoms with van der Waals surface area (Å²) in [5.41, 5.74) is -0.733. The van der Waals surface area contributed by atoms with Gasteiger partial charge in [-0.15, -0.1) is 0 Å². The van der Waals surface area contributed by atoms with Crippen LogP contribution in [0.15, 0.2) is 0 Å². The summed E-state index contributed by atoms with van der Waals surface area (Å²) in [5.74, 6) is -0.728. The lowest BCUT2D eigenvalue weighted by atomic mass is 9.81. The highest BCUT2D eigenvalue weighted by Crippen LogP contribution is 2.31. The fraction of sp³-hybridized carbons (Fsp3) is 0.923. The highest BCUT2D eigenvalue weighted by atomic mass is 16.5. The molecule has 1 N–H and O–H groups in total. The van der Waals surface area contributed by atoms with E-state index in [2.05, 4.69) is 11.8 Å². The Hall–Kier alpha value is -0.650. The molecule has 0 saturated carbocycles. The molecule has 0 spiro atoms. The molecule has 2 fully saturated rings. The number of morpholine rings is 1. The van der Waals surface area contributed by atoms with E-state index in [1.165, 1.54) is 0 Å². The van der Waals surface area contributed by atoms with Gasteiger partial charge in [-0.2, -0.15) is 0 Å². The fourth-order valence-electron chi connectivity index (χ4n) is 2.79. The minimum atomic E-state index is -0.733. The third kappa shape index (κ3) is 2.84. The van der Waals surface area contributed by atoms with E-state index < -0.39 is 11.4 Å². The zero-order valence-corrected chi connectivity index (χ0v) is 11.2. The largest absolute Gasteiger partial charge is 0.481 e. The number of nitrogens with zero attached hydrogens (tertiary/aromatic N) is 1. The molecule has 0 bridgehead atoms. The molecule has 18 heavy (non-hydrogen) atoms. The van der Waals surface area contributed by atoms with Gasteiger partial charge in [0.15, 0.2) is 0 Å². The van der Waals surface area contributed by atoms with E-state index >= 15 is 0 Å². The Bertz CT molecular complexity index is 301. The van der Waals surface area contributed by atoms with Crippen LogP contribution in [-0.4, -0.2) is 61.0 Å². The summed E-state index contributed by atoms with van der Waals surface area (Å²) >= 11 is 0. The third-order valence-electron chi connectivity index (χ3n) is 4.02. The van der Waals surface area contributed by atoms with Crippen molar-refractivity contribution in [3.63, 3.8) is 0 Å². The first kappa shape index (κ1) is 13.8. The molecule has 2 rings (SSSR count). The highest BCUT2D eigenvalue weighted by molar-refractivity contribution is 5.75. The lowest BCUT2D eigenvalue weighted by Crippen LogP contribution is -2.55. The zero-order valence-electron chi connectivity index (χ0n) is 11.2. The summed E-state index contributed by atoms with van der Waals surface area (Å²) in [6.07, 6.45) is 1.72. The van der Waals surface area contributed by atoms with Gasteiger partial charge in [-0.05, 0) is 26.7 Å². The van der Waals surface area contributed by atoms with Gasteiger partial charge in [0.25, 0.3) is 0 Å². The van der Waals surface area contributed by atoms with Crippen LogP contribution >= 0.6 is 0 Å². The van der Waals surface area contributed by atoms with Gasteiger partial charge in [-0.3, -0.25) is 9.69 Å². The molecule has 104 valence electrons. The van der Waals surface area contributed by atoms with Crippen molar-refractivity contribution in [3.8, 4) is 0 Å². The number of hydrogen-bond donors (Lipinski definition) is 1. The summed E-state index contributed by atoms with van der Waals surface area (Å²) in [6, 6.07) is 0.277. The van der Waals surface area contributed by atoms with Gasteiger partial charge < -0.3 is 14.6 Å². The van der Waals surface area contributed by atoms with E-state index in [1.807, 2.05) is 6.92 Å². The number of ether oxygens (including phenoxy) is 2. The smallest absolute Gasteiger partial charge is 0.313 e. The maximum Gasteiger partial charge on any atom is 0.313 e. The first-order valence-corrected chi connectivity index (χ1v) is 6.70. The molecule has 5 nitrogen and oxygen atoms in total. The maximum atomic E-state index is 11.6. The number of rotatable bonds is 3. The molecule has 0 aliphatic carbocycles. The van der Waals surface area contributed by atoms with Gasteiger partial charge in [0.05, 0.1) is 19.3 Å². The van der Waals surface area contributed by atoms with Crippen molar-refractivity contribution in [2.75, 3.05) is 32.9 Å². The second-order valence-electron chi connectivity index (χ2n) is 5.66. The Morgan fingerprint density at radius 3 is 2.89 bits per heavy atom. The minimum Gasteiger partial charge on any atom is -0.481 e. The Balaban J connectivity index is 2.05. The van der Waals surface area contributed by atoms with Crippen LogP contribution in [0.3, 0.4) is 0 Å². The van der Waals surface area contributed by atoms with Crippen molar-refractivity contribution < 1.29 is 19.4 Å². The normalized spacial score (nSPS) is 38.6. The van der Waals surface area contributed by atoms with E-state index in [-0.39, 0.29) is 12.1 Å². The van der Waals surface area contributed by atoms with Gasteiger partial charge >= 0.3 is 5.97 Å². The molecule has 0 aromatic carbocycles. The average Bonchev–Trinajstić information content (AvgIpc) is 2.35. The quantitative estimate of drug-likeness (QED) is 0.816. The Morgan fingerprint density at radius 1 is 1.50 bits per heavy atom. The topological polar surface area (TPSA) is 59.0 Å². The molecule has 2 heterocycles. The van der Waals surface area contributed by atoms with Gasteiger partial charge in [-0.25, -0.2) is 0 Å². The molecule has 3 atom stereocenters. The molecule has 2 aliphatic heterocycles. The summed E-state index contributed by atoms with van der Waals surface area (Å²) < 4.78 is 11.0. The first-order valence-electron chi connectivity index (χ1n) is 6.70. The second kappa shape index (κ2) is 5.55. The van der Waals surface area contributed by atoms with Gasteiger partial charge in [0.1, 0.15) is 5.41 Å². The lowest BCUT2D eigenvalue weighted by molar-refractivity contribution is -0.162. The third-order valence-corrected chi connectivity index (χ3v) is 4.02. The van der Waals surface area contributed by atoms with Crippen LogP contribution in [0.2, 0.25) is 0 Å². The van der Waals surface area contributed by atoms with Gasteiger partial charge in [0, 0.05) is 25.7 Å². The molecule has 0 amide bonds. The molecule has 0 aromatic rings. The van der Waals surface area contributed by atoms with Crippen LogP contribution in [0.5, 0.6) is 0 Å². The molecule has 0 radical (unpaired) electrons. The van der Waals surface area contributed by atoms with Crippen molar-refractivity contribution in [3.05, 3.63) is 0 Å². The van der Waals surface area contributed by atoms with Crippen LogP contribution in [0.1, 0.15) is 26.7 Å². The molecule has 2 aliphatic rings. The number of hydrogen-bond acceptors (Lipinski definition) is 4. The van der Waals surface area contributed by atoms with Crippen molar-refractivity contribution >= 4 is 5.97 Å². The van der Waals surface area contributed by atoms with Crippen LogP contribution in [0.25, 0.3) is 0 Å². The Morgan fingerprint density at radius 2 is 2.28 bits per heavy atom. The molecular weight excluding hydrogens is 234 g/mol. The van der Waals surface area contributed by atoms with Crippen molar-refractivity contribution in [2.24, 2.45) is 5.41 Å². The molecular formula is C13H23NO4. The summed E-state index contributed by atoms with van der Waals surface area (Å²) in [6.45, 7) is 7.19. The monoisotopic (exact) mass is 257 g/mol. The molecule has 3 unspecified atom stereocenters. The van der Waals surface area contributed by atoms with Crippen molar-refractivity contribution in [2.45, 2.75) is 38.8 Å². The molecule has 0 aromatic heterocycles. The van der Waals surface area contributed by atoms with Crippen molar-refractivity contribution in [1.82, 2.24) is 4.90 Å². The summed E-state index contributed by atoms with van der Waals surface area (Å²) in [4.78, 5) is 13.8. The van der Waals surface area contributed by atoms with Crippen molar-refractivity contribution in [1.29, 1.82) is 0 Å². The van der Waals surface area contributed by atoms with Gasteiger partial charge in [0.2, 0.25) is 0 Å². The van der Waals surface area contributed by atoms with Crippen LogP contribution < -0.4 is 0 Å². The SMILES string of the molecule is CC1CN(CC2(C(=O)O)CCCOC2)C(C)CO1. The molecule has 5 heteroatoms. The predicted octanol–water partition coefficient (Wildman–Crippen LogP) is 0.977. The maximum absolute atomic E-state index is 11.6. The van der Waals surface area contributed by atoms with Crippen LogP contribution in [0.4, 0.5) is 0 Å². The van der Waals surface area contributed by atoms with Crippen LogP contribution in [-0.2, 0) is 14.3 Å². The van der Waals surface area contributed by atoms with Crippen LogP contribution in [0, 0.1) is 5.41 Å². The lowest BCUT2D eigenvalue weighted by Gasteiger charge is -2.43. The fourth-order valence-corrected chi connectivity index (χ4v) is 2.79. The average molecular weight is 257 g/mol. The van der Waals surface area contributed by atoms with E-state index in [0.717, 1.165) is 13.0 Å². The number of carbonyl (C=O) groups is 1. The number of carboxylic acid groups (broad SMARTS) is 1. The summed E-state index contributed by atoms with van der Waals surface area (Å²) in [7, 11) is 0. The number of aliphatic carboxylic acids is 1. The predicted molar refractivity (Wildman–Crippen MR) is 66.6 cm³/mol. The standard InChI is InChI=1S/C13H23NO4/c1-10-7-18-11(2)6-14(10)8-13(12(15)16)4-3-5-17-9-13/h10-11H,3-9H2,1-2H3,(H,15,16). The minimum absolute atomic E-state index is 0.177. The van der Waals surface area contributed by atoms with Gasteiger partial charge in [-0.1, -0.05) is 0 Å². The van der Waals surface area contributed by atoms with E-state index in [0.29, 0.717) is 32.8 Å². The Kier molecular flexibility index (Phi) is 4.25. The number of carboxylic acids is 1.